The van der Waals surface area contributed by atoms with E-state index >= 15 is 0 Å². The van der Waals surface area contributed by atoms with Crippen LogP contribution in [0.3, 0.4) is 0 Å². The molecule has 0 N–H and O–H groups in total. The Labute approximate surface area is 113 Å². The Hall–Kier alpha value is -0.300. The maximum absolute atomic E-state index is 3.80. The fraction of sp³-hybridized carbons (Fsp3) is 0.625. The average molecular weight is 293 g/mol. The maximum atomic E-state index is 3.80. The molecule has 92 valence electrons. The van der Waals surface area contributed by atoms with Gasteiger partial charge in [0.15, 0.2) is 0 Å². The van der Waals surface area contributed by atoms with Gasteiger partial charge in [-0.1, -0.05) is 53.0 Å². The average Bonchev–Trinajstić information content (AvgIpc) is 2.27. The van der Waals surface area contributed by atoms with E-state index in [4.69, 9.17) is 0 Å². The number of hydrogen-bond acceptors (Lipinski definition) is 0. The highest BCUT2D eigenvalue weighted by molar-refractivity contribution is 9.09. The largest absolute Gasteiger partial charge is 0.0890 e. The Morgan fingerprint density at radius 2 is 1.53 bits per heavy atom. The van der Waals surface area contributed by atoms with Crippen LogP contribution in [0.25, 0.3) is 0 Å². The molecular formula is C16H21Br. The molecule has 0 amide bonds. The first kappa shape index (κ1) is 11.8. The molecule has 2 aliphatic rings. The standard InChI is InChI=1S/C16H21Br/c17-16-9-3-8-15(11-16)14-7-2-6-13(10-14)12-4-1-5-12/h2,6-7,10,12,15-16H,1,3-5,8-9,11H2. The molecule has 0 saturated heterocycles. The summed E-state index contributed by atoms with van der Waals surface area (Å²) in [6, 6.07) is 9.46. The van der Waals surface area contributed by atoms with E-state index in [2.05, 4.69) is 40.2 Å². The molecule has 2 atom stereocenters. The van der Waals surface area contributed by atoms with Gasteiger partial charge in [-0.2, -0.15) is 0 Å². The van der Waals surface area contributed by atoms with Crippen LogP contribution >= 0.6 is 15.9 Å². The second-order valence-electron chi connectivity index (χ2n) is 5.76. The third kappa shape index (κ3) is 2.59. The smallest absolute Gasteiger partial charge is 0.0151 e. The highest BCUT2D eigenvalue weighted by atomic mass is 79.9. The van der Waals surface area contributed by atoms with E-state index in [0.29, 0.717) is 0 Å². The van der Waals surface area contributed by atoms with Crippen LogP contribution in [0.15, 0.2) is 24.3 Å². The van der Waals surface area contributed by atoms with Crippen LogP contribution in [0.5, 0.6) is 0 Å². The first-order valence-electron chi connectivity index (χ1n) is 7.07. The van der Waals surface area contributed by atoms with Crippen molar-refractivity contribution < 1.29 is 0 Å². The minimum Gasteiger partial charge on any atom is -0.0890 e. The summed E-state index contributed by atoms with van der Waals surface area (Å²) in [6.07, 6.45) is 9.71. The second kappa shape index (κ2) is 5.14. The summed E-state index contributed by atoms with van der Waals surface area (Å²) in [4.78, 5) is 0.744. The molecule has 17 heavy (non-hydrogen) atoms. The van der Waals surface area contributed by atoms with Crippen molar-refractivity contribution in [3.8, 4) is 0 Å². The number of benzene rings is 1. The number of alkyl halides is 1. The van der Waals surface area contributed by atoms with Gasteiger partial charge in [-0.05, 0) is 55.1 Å². The lowest BCUT2D eigenvalue weighted by Crippen LogP contribution is -2.14. The summed E-state index contributed by atoms with van der Waals surface area (Å²) < 4.78 is 0. The van der Waals surface area contributed by atoms with Gasteiger partial charge in [-0.25, -0.2) is 0 Å². The molecular weight excluding hydrogens is 272 g/mol. The molecule has 1 aromatic carbocycles. The third-order valence-electron chi connectivity index (χ3n) is 4.57. The molecule has 2 unspecified atom stereocenters. The van der Waals surface area contributed by atoms with E-state index in [0.717, 1.165) is 16.7 Å². The minimum absolute atomic E-state index is 0.744. The van der Waals surface area contributed by atoms with Crippen LogP contribution in [0.2, 0.25) is 0 Å². The maximum Gasteiger partial charge on any atom is 0.0151 e. The van der Waals surface area contributed by atoms with E-state index in [1.807, 2.05) is 0 Å². The molecule has 0 aromatic heterocycles. The van der Waals surface area contributed by atoms with E-state index in [1.165, 1.54) is 44.9 Å². The Kier molecular flexibility index (Phi) is 3.56. The molecule has 0 nitrogen and oxygen atoms in total. The molecule has 0 bridgehead atoms. The van der Waals surface area contributed by atoms with Crippen molar-refractivity contribution in [2.45, 2.75) is 61.6 Å². The number of halogens is 1. The zero-order valence-corrected chi connectivity index (χ0v) is 12.0. The van der Waals surface area contributed by atoms with E-state index < -0.39 is 0 Å². The SMILES string of the molecule is BrC1CCCC(c2cccc(C3CCC3)c2)C1. The topological polar surface area (TPSA) is 0 Å². The number of hydrogen-bond donors (Lipinski definition) is 0. The zero-order chi connectivity index (χ0) is 11.7. The lowest BCUT2D eigenvalue weighted by atomic mass is 9.77. The van der Waals surface area contributed by atoms with E-state index in [9.17, 15) is 0 Å². The van der Waals surface area contributed by atoms with Crippen molar-refractivity contribution in [1.82, 2.24) is 0 Å². The van der Waals surface area contributed by atoms with Crippen LogP contribution in [0.4, 0.5) is 0 Å². The second-order valence-corrected chi connectivity index (χ2v) is 7.05. The highest BCUT2D eigenvalue weighted by Gasteiger charge is 2.23. The third-order valence-corrected chi connectivity index (χ3v) is 5.40. The molecule has 0 spiro atoms. The summed E-state index contributed by atoms with van der Waals surface area (Å²) in [7, 11) is 0. The molecule has 0 radical (unpaired) electrons. The van der Waals surface area contributed by atoms with Crippen molar-refractivity contribution in [3.05, 3.63) is 35.4 Å². The van der Waals surface area contributed by atoms with Gasteiger partial charge >= 0.3 is 0 Å². The molecule has 0 heterocycles. The van der Waals surface area contributed by atoms with Gasteiger partial charge in [0.2, 0.25) is 0 Å². The predicted molar refractivity (Wildman–Crippen MR) is 77.0 cm³/mol. The van der Waals surface area contributed by atoms with Crippen molar-refractivity contribution in [2.75, 3.05) is 0 Å². The molecule has 1 heteroatoms. The van der Waals surface area contributed by atoms with Crippen LogP contribution in [0.1, 0.15) is 67.9 Å². The lowest BCUT2D eigenvalue weighted by Gasteiger charge is -2.29. The van der Waals surface area contributed by atoms with Gasteiger partial charge in [0.1, 0.15) is 0 Å². The number of rotatable bonds is 2. The van der Waals surface area contributed by atoms with E-state index in [1.54, 1.807) is 11.1 Å². The lowest BCUT2D eigenvalue weighted by molar-refractivity contribution is 0.417. The highest BCUT2D eigenvalue weighted by Crippen LogP contribution is 2.40. The van der Waals surface area contributed by atoms with Crippen LogP contribution < -0.4 is 0 Å². The van der Waals surface area contributed by atoms with Crippen molar-refractivity contribution in [1.29, 1.82) is 0 Å². The fourth-order valence-corrected chi connectivity index (χ4v) is 4.02. The molecule has 2 fully saturated rings. The van der Waals surface area contributed by atoms with Gasteiger partial charge in [0.25, 0.3) is 0 Å². The Bertz CT molecular complexity index is 381. The summed E-state index contributed by atoms with van der Waals surface area (Å²) >= 11 is 3.80. The Morgan fingerprint density at radius 1 is 0.882 bits per heavy atom. The molecule has 1 aromatic rings. The van der Waals surface area contributed by atoms with Gasteiger partial charge in [0, 0.05) is 4.83 Å². The van der Waals surface area contributed by atoms with Gasteiger partial charge in [-0.15, -0.1) is 0 Å². The first-order chi connectivity index (χ1) is 8.33. The fourth-order valence-electron chi connectivity index (χ4n) is 3.24. The van der Waals surface area contributed by atoms with Gasteiger partial charge in [0.05, 0.1) is 0 Å². The van der Waals surface area contributed by atoms with Crippen LogP contribution in [-0.2, 0) is 0 Å². The van der Waals surface area contributed by atoms with Gasteiger partial charge < -0.3 is 0 Å². The molecule has 0 aliphatic heterocycles. The van der Waals surface area contributed by atoms with Crippen LogP contribution in [0, 0.1) is 0 Å². The summed E-state index contributed by atoms with van der Waals surface area (Å²) in [6.45, 7) is 0. The Morgan fingerprint density at radius 3 is 2.18 bits per heavy atom. The van der Waals surface area contributed by atoms with Crippen LogP contribution in [-0.4, -0.2) is 4.83 Å². The predicted octanol–water partition coefficient (Wildman–Crippen LogP) is 5.38. The van der Waals surface area contributed by atoms with Gasteiger partial charge in [-0.3, -0.25) is 0 Å². The minimum atomic E-state index is 0.744. The quantitative estimate of drug-likeness (QED) is 0.643. The van der Waals surface area contributed by atoms with Crippen molar-refractivity contribution in [3.63, 3.8) is 0 Å². The monoisotopic (exact) mass is 292 g/mol. The summed E-state index contributed by atoms with van der Waals surface area (Å²) in [5, 5.41) is 0. The van der Waals surface area contributed by atoms with Crippen molar-refractivity contribution >= 4 is 15.9 Å². The first-order valence-corrected chi connectivity index (χ1v) is 7.98. The molecule has 2 aliphatic carbocycles. The normalized spacial score (nSPS) is 29.9. The molecule has 2 saturated carbocycles. The Balaban J connectivity index is 1.77. The summed E-state index contributed by atoms with van der Waals surface area (Å²) in [5.41, 5.74) is 3.20. The molecule has 3 rings (SSSR count). The zero-order valence-electron chi connectivity index (χ0n) is 10.4. The summed E-state index contributed by atoms with van der Waals surface area (Å²) in [5.74, 6) is 1.67. The van der Waals surface area contributed by atoms with E-state index in [-0.39, 0.29) is 0 Å². The van der Waals surface area contributed by atoms with Crippen molar-refractivity contribution in [2.24, 2.45) is 0 Å².